The number of nitrogens with zero attached hydrogens (tertiary/aromatic N) is 3. The van der Waals surface area contributed by atoms with Crippen LogP contribution < -0.4 is 4.72 Å². The van der Waals surface area contributed by atoms with Crippen LogP contribution in [0.2, 0.25) is 0 Å². The first-order chi connectivity index (χ1) is 19.1. The van der Waals surface area contributed by atoms with Crippen LogP contribution in [0, 0.1) is 25.5 Å². The maximum Gasteiger partial charge on any atom is 0.261 e. The Bertz CT molecular complexity index is 1710. The summed E-state index contributed by atoms with van der Waals surface area (Å²) in [6.45, 7) is 3.98. The Hall–Kier alpha value is -3.61. The van der Waals surface area contributed by atoms with Crippen LogP contribution >= 0.6 is 15.9 Å². The van der Waals surface area contributed by atoms with E-state index in [2.05, 4.69) is 25.8 Å². The molecule has 1 N–H and O–H groups in total. The fourth-order valence-electron chi connectivity index (χ4n) is 4.84. The molecule has 3 aromatic carbocycles. The molecule has 0 radical (unpaired) electrons. The van der Waals surface area contributed by atoms with Gasteiger partial charge in [-0.25, -0.2) is 21.9 Å². The number of anilines is 1. The standard InChI is InChI=1S/C28H25BrF2N4O4S/c1-17-27(18(2)35(32-17)25-9-4-3-8-24(25)31)26-16-39-13-12-34(26)28(36)22-15-21(10-11-23(22)30)40(37,38)33-20-7-5-6-19(29)14-20/h3-11,14-15,26,33H,12-13,16H2,1-2H3. The van der Waals surface area contributed by atoms with E-state index < -0.39 is 33.6 Å². The number of hydrogen-bond acceptors (Lipinski definition) is 5. The number of halogens is 3. The smallest absolute Gasteiger partial charge is 0.261 e. The van der Waals surface area contributed by atoms with Gasteiger partial charge in [-0.15, -0.1) is 0 Å². The predicted octanol–water partition coefficient (Wildman–Crippen LogP) is 5.54. The molecule has 0 saturated carbocycles. The van der Waals surface area contributed by atoms with Gasteiger partial charge >= 0.3 is 0 Å². The van der Waals surface area contributed by atoms with Crippen molar-refractivity contribution in [3.63, 3.8) is 0 Å². The summed E-state index contributed by atoms with van der Waals surface area (Å²) in [5, 5.41) is 4.51. The lowest BCUT2D eigenvalue weighted by Gasteiger charge is -2.36. The van der Waals surface area contributed by atoms with Gasteiger partial charge in [0, 0.05) is 28.0 Å². The molecular formula is C28H25BrF2N4O4S. The van der Waals surface area contributed by atoms with Gasteiger partial charge in [0.05, 0.1) is 35.4 Å². The molecule has 1 fully saturated rings. The molecule has 1 unspecified atom stereocenters. The lowest BCUT2D eigenvalue weighted by atomic mass is 10.0. The molecule has 5 rings (SSSR count). The Morgan fingerprint density at radius 1 is 1.05 bits per heavy atom. The monoisotopic (exact) mass is 630 g/mol. The Balaban J connectivity index is 1.49. The summed E-state index contributed by atoms with van der Waals surface area (Å²) in [6, 6.07) is 15.2. The summed E-state index contributed by atoms with van der Waals surface area (Å²) in [5.74, 6) is -2.00. The van der Waals surface area contributed by atoms with Gasteiger partial charge in [0.25, 0.3) is 15.9 Å². The minimum atomic E-state index is -4.13. The van der Waals surface area contributed by atoms with Gasteiger partial charge in [0.15, 0.2) is 0 Å². The summed E-state index contributed by atoms with van der Waals surface area (Å²) < 4.78 is 66.0. The number of sulfonamides is 1. The zero-order chi connectivity index (χ0) is 28.6. The van der Waals surface area contributed by atoms with Gasteiger partial charge in [-0.1, -0.05) is 34.1 Å². The molecule has 0 bridgehead atoms. The molecule has 0 aliphatic carbocycles. The molecule has 12 heteroatoms. The zero-order valence-electron chi connectivity index (χ0n) is 21.6. The molecule has 1 amide bonds. The van der Waals surface area contributed by atoms with Gasteiger partial charge in [0.2, 0.25) is 0 Å². The van der Waals surface area contributed by atoms with E-state index in [1.807, 2.05) is 0 Å². The van der Waals surface area contributed by atoms with Crippen molar-refractivity contribution < 1.29 is 26.7 Å². The average molecular weight is 631 g/mol. The first-order valence-corrected chi connectivity index (χ1v) is 14.6. The van der Waals surface area contributed by atoms with Crippen molar-refractivity contribution >= 4 is 37.5 Å². The fraction of sp³-hybridized carbons (Fsp3) is 0.214. The van der Waals surface area contributed by atoms with Crippen molar-refractivity contribution in [1.82, 2.24) is 14.7 Å². The number of ether oxygens (including phenoxy) is 1. The summed E-state index contributed by atoms with van der Waals surface area (Å²) in [5.41, 5.74) is 1.98. The maximum atomic E-state index is 15.0. The van der Waals surface area contributed by atoms with Crippen LogP contribution in [0.1, 0.15) is 33.4 Å². The SMILES string of the molecule is Cc1nn(-c2ccccc2F)c(C)c1C1COCCN1C(=O)c1cc(S(=O)(=O)Nc2cccc(Br)c2)ccc1F. The van der Waals surface area contributed by atoms with Crippen molar-refractivity contribution in [2.45, 2.75) is 24.8 Å². The zero-order valence-corrected chi connectivity index (χ0v) is 24.0. The molecule has 4 aromatic rings. The third kappa shape index (κ3) is 5.38. The number of morpholine rings is 1. The number of nitrogens with one attached hydrogen (secondary N) is 1. The van der Waals surface area contributed by atoms with Crippen molar-refractivity contribution in [1.29, 1.82) is 0 Å². The second kappa shape index (κ2) is 11.1. The molecule has 2 heterocycles. The minimum absolute atomic E-state index is 0.112. The van der Waals surface area contributed by atoms with Gasteiger partial charge in [-0.05, 0) is 62.4 Å². The van der Waals surface area contributed by atoms with Gasteiger partial charge in [-0.2, -0.15) is 5.10 Å². The van der Waals surface area contributed by atoms with E-state index >= 15 is 4.39 Å². The molecule has 1 atom stereocenters. The van der Waals surface area contributed by atoms with Gasteiger partial charge in [0.1, 0.15) is 17.3 Å². The molecule has 40 heavy (non-hydrogen) atoms. The largest absolute Gasteiger partial charge is 0.377 e. The first-order valence-electron chi connectivity index (χ1n) is 12.3. The summed E-state index contributed by atoms with van der Waals surface area (Å²) in [6.07, 6.45) is 0. The number of amides is 1. The number of aromatic nitrogens is 2. The second-order valence-corrected chi connectivity index (χ2v) is 11.9. The number of rotatable bonds is 6. The van der Waals surface area contributed by atoms with Crippen LogP contribution in [0.4, 0.5) is 14.5 Å². The Kier molecular flexibility index (Phi) is 7.76. The minimum Gasteiger partial charge on any atom is -0.377 e. The Morgan fingerprint density at radius 3 is 2.58 bits per heavy atom. The second-order valence-electron chi connectivity index (χ2n) is 9.29. The summed E-state index contributed by atoms with van der Waals surface area (Å²) >= 11 is 3.29. The van der Waals surface area contributed by atoms with Crippen molar-refractivity contribution in [2.75, 3.05) is 24.5 Å². The highest BCUT2D eigenvalue weighted by molar-refractivity contribution is 9.10. The lowest BCUT2D eigenvalue weighted by molar-refractivity contribution is -0.00328. The van der Waals surface area contributed by atoms with Crippen LogP contribution in [0.5, 0.6) is 0 Å². The highest BCUT2D eigenvalue weighted by Gasteiger charge is 2.35. The van der Waals surface area contributed by atoms with Crippen LogP contribution in [-0.4, -0.2) is 48.8 Å². The average Bonchev–Trinajstić information content (AvgIpc) is 3.21. The van der Waals surface area contributed by atoms with E-state index in [0.29, 0.717) is 27.1 Å². The van der Waals surface area contributed by atoms with E-state index in [9.17, 15) is 17.6 Å². The van der Waals surface area contributed by atoms with Crippen LogP contribution in [0.3, 0.4) is 0 Å². The fourth-order valence-corrected chi connectivity index (χ4v) is 6.31. The highest BCUT2D eigenvalue weighted by Crippen LogP contribution is 2.33. The quantitative estimate of drug-likeness (QED) is 0.302. The van der Waals surface area contributed by atoms with Crippen molar-refractivity contribution in [2.24, 2.45) is 0 Å². The molecule has 0 spiro atoms. The van der Waals surface area contributed by atoms with Gasteiger partial charge in [-0.3, -0.25) is 9.52 Å². The van der Waals surface area contributed by atoms with Crippen molar-refractivity contribution in [3.8, 4) is 5.69 Å². The molecule has 1 aromatic heterocycles. The number of benzene rings is 3. The van der Waals surface area contributed by atoms with Crippen molar-refractivity contribution in [3.05, 3.63) is 105 Å². The number of carbonyl (C=O) groups excluding carboxylic acids is 1. The number of carbonyl (C=O) groups is 1. The van der Waals surface area contributed by atoms with Crippen LogP contribution in [0.25, 0.3) is 5.69 Å². The summed E-state index contributed by atoms with van der Waals surface area (Å²) in [4.78, 5) is 14.9. The lowest BCUT2D eigenvalue weighted by Crippen LogP contribution is -2.44. The van der Waals surface area contributed by atoms with E-state index in [4.69, 9.17) is 4.74 Å². The highest BCUT2D eigenvalue weighted by atomic mass is 79.9. The molecule has 1 aliphatic rings. The topological polar surface area (TPSA) is 93.5 Å². The molecule has 208 valence electrons. The summed E-state index contributed by atoms with van der Waals surface area (Å²) in [7, 11) is -4.13. The predicted molar refractivity (Wildman–Crippen MR) is 149 cm³/mol. The van der Waals surface area contributed by atoms with E-state index in [-0.39, 0.29) is 35.9 Å². The normalized spacial score (nSPS) is 15.7. The first kappa shape index (κ1) is 27.9. The van der Waals surface area contributed by atoms with E-state index in [1.54, 1.807) is 56.3 Å². The number of aryl methyl sites for hydroxylation is 1. The Labute approximate surface area is 238 Å². The van der Waals surface area contributed by atoms with E-state index in [0.717, 1.165) is 18.2 Å². The van der Waals surface area contributed by atoms with Crippen LogP contribution in [-0.2, 0) is 14.8 Å². The molecule has 1 saturated heterocycles. The maximum absolute atomic E-state index is 15.0. The van der Waals surface area contributed by atoms with Crippen LogP contribution in [0.15, 0.2) is 76.1 Å². The number of hydrogen-bond donors (Lipinski definition) is 1. The molecule has 1 aliphatic heterocycles. The third-order valence-corrected chi connectivity index (χ3v) is 8.58. The Morgan fingerprint density at radius 2 is 1.82 bits per heavy atom. The molecule has 8 nitrogen and oxygen atoms in total. The number of para-hydroxylation sites is 1. The third-order valence-electron chi connectivity index (χ3n) is 6.71. The van der Waals surface area contributed by atoms with E-state index in [1.165, 1.54) is 15.6 Å². The molecular weight excluding hydrogens is 606 g/mol. The van der Waals surface area contributed by atoms with Gasteiger partial charge < -0.3 is 9.64 Å².